The van der Waals surface area contributed by atoms with E-state index >= 15 is 0 Å². The summed E-state index contributed by atoms with van der Waals surface area (Å²) in [5.41, 5.74) is 13.9. The van der Waals surface area contributed by atoms with Crippen LogP contribution < -0.4 is 0 Å². The van der Waals surface area contributed by atoms with Crippen LogP contribution in [-0.2, 0) is 10.8 Å². The lowest BCUT2D eigenvalue weighted by Gasteiger charge is -2.26. The van der Waals surface area contributed by atoms with Crippen molar-refractivity contribution in [2.75, 3.05) is 0 Å². The molecule has 0 aliphatic heterocycles. The Labute approximate surface area is 296 Å². The minimum Gasteiger partial charge on any atom is -0.261 e. The molecular weight excluding hydrogens is 609 g/mol. The fraction of sp³-hybridized carbons (Fsp3) is 0.174. The summed E-state index contributed by atoms with van der Waals surface area (Å²) in [5, 5.41) is 0. The summed E-state index contributed by atoms with van der Waals surface area (Å²) < 4.78 is 0. The standard InChI is InChI=1S/C46H42N4/c1-45(2,3)37-26-36(27-38(28-37)46(4,5)6)32-16-12-17-33(24-32)41-29-42(40-21-11-10-20-39(40)31-14-8-7-9-15-31)50-44(49-41)35-19-13-18-34(25-35)43-30-47-22-23-48-43/h7-30H,1-6H3. The molecule has 0 N–H and O–H groups in total. The van der Waals surface area contributed by atoms with Crippen LogP contribution >= 0.6 is 0 Å². The minimum atomic E-state index is 0.0239. The summed E-state index contributed by atoms with van der Waals surface area (Å²) in [4.78, 5) is 19.3. The second-order valence-corrected chi connectivity index (χ2v) is 14.9. The SMILES string of the molecule is CC(C)(C)c1cc(-c2cccc(-c3cc(-c4ccccc4-c4ccccc4)nc(-c4cccc(-c5cnccn5)c4)n3)c2)cc(C(C)(C)C)c1. The van der Waals surface area contributed by atoms with Crippen molar-refractivity contribution in [2.24, 2.45) is 0 Å². The molecule has 0 spiro atoms. The van der Waals surface area contributed by atoms with Crippen LogP contribution in [0.2, 0.25) is 0 Å². The predicted octanol–water partition coefficient (Wildman–Crippen LogP) is 11.9. The first-order valence-electron chi connectivity index (χ1n) is 17.2. The van der Waals surface area contributed by atoms with E-state index in [2.05, 4.69) is 161 Å². The van der Waals surface area contributed by atoms with Crippen molar-refractivity contribution in [1.29, 1.82) is 0 Å². The highest BCUT2D eigenvalue weighted by atomic mass is 14.9. The molecule has 246 valence electrons. The molecule has 0 bridgehead atoms. The summed E-state index contributed by atoms with van der Waals surface area (Å²) in [7, 11) is 0. The van der Waals surface area contributed by atoms with Crippen LogP contribution in [0.15, 0.2) is 146 Å². The molecule has 4 nitrogen and oxygen atoms in total. The van der Waals surface area contributed by atoms with Gasteiger partial charge >= 0.3 is 0 Å². The quantitative estimate of drug-likeness (QED) is 0.180. The molecule has 0 fully saturated rings. The Kier molecular flexibility index (Phi) is 8.71. The van der Waals surface area contributed by atoms with Gasteiger partial charge in [0.25, 0.3) is 0 Å². The van der Waals surface area contributed by atoms with Crippen LogP contribution in [0.1, 0.15) is 52.7 Å². The van der Waals surface area contributed by atoms with Crippen molar-refractivity contribution in [3.05, 3.63) is 157 Å². The van der Waals surface area contributed by atoms with E-state index < -0.39 is 0 Å². The van der Waals surface area contributed by atoms with E-state index in [4.69, 9.17) is 9.97 Å². The van der Waals surface area contributed by atoms with E-state index in [1.165, 1.54) is 16.7 Å². The zero-order chi connectivity index (χ0) is 34.9. The first kappa shape index (κ1) is 32.8. The molecule has 5 aromatic carbocycles. The molecule has 0 unspecified atom stereocenters. The van der Waals surface area contributed by atoms with Gasteiger partial charge < -0.3 is 0 Å². The Bertz CT molecular complexity index is 2250. The molecule has 2 heterocycles. The van der Waals surface area contributed by atoms with Crippen molar-refractivity contribution in [3.63, 3.8) is 0 Å². The van der Waals surface area contributed by atoms with Gasteiger partial charge in [-0.1, -0.05) is 151 Å². The third-order valence-corrected chi connectivity index (χ3v) is 9.15. The van der Waals surface area contributed by atoms with Gasteiger partial charge in [-0.05, 0) is 62.4 Å². The highest BCUT2D eigenvalue weighted by molar-refractivity contribution is 5.85. The molecule has 0 saturated carbocycles. The van der Waals surface area contributed by atoms with Gasteiger partial charge in [0, 0.05) is 34.6 Å². The molecule has 7 aromatic rings. The Hall–Kier alpha value is -5.74. The van der Waals surface area contributed by atoms with Gasteiger partial charge in [-0.25, -0.2) is 9.97 Å². The van der Waals surface area contributed by atoms with Gasteiger partial charge in [0.05, 0.1) is 23.3 Å². The average Bonchev–Trinajstić information content (AvgIpc) is 3.14. The molecule has 4 heteroatoms. The van der Waals surface area contributed by atoms with Crippen LogP contribution in [0.25, 0.3) is 67.4 Å². The Morgan fingerprint density at radius 3 is 1.62 bits per heavy atom. The summed E-state index contributed by atoms with van der Waals surface area (Å²) in [6.07, 6.45) is 5.18. The molecule has 0 atom stereocenters. The molecular formula is C46H42N4. The van der Waals surface area contributed by atoms with E-state index in [1.807, 2.05) is 18.2 Å². The van der Waals surface area contributed by atoms with E-state index in [9.17, 15) is 0 Å². The second kappa shape index (κ2) is 13.3. The van der Waals surface area contributed by atoms with E-state index in [0.717, 1.165) is 56.0 Å². The maximum absolute atomic E-state index is 5.24. The number of nitrogens with zero attached hydrogens (tertiary/aromatic N) is 4. The second-order valence-electron chi connectivity index (χ2n) is 14.9. The summed E-state index contributed by atoms with van der Waals surface area (Å²) in [6.45, 7) is 13.7. The minimum absolute atomic E-state index is 0.0239. The molecule has 50 heavy (non-hydrogen) atoms. The van der Waals surface area contributed by atoms with Gasteiger partial charge in [-0.15, -0.1) is 0 Å². The molecule has 0 radical (unpaired) electrons. The predicted molar refractivity (Wildman–Crippen MR) is 208 cm³/mol. The first-order valence-corrected chi connectivity index (χ1v) is 17.2. The number of benzene rings is 5. The lowest BCUT2D eigenvalue weighted by atomic mass is 9.79. The highest BCUT2D eigenvalue weighted by Gasteiger charge is 2.21. The van der Waals surface area contributed by atoms with Crippen molar-refractivity contribution in [1.82, 2.24) is 19.9 Å². The lowest BCUT2D eigenvalue weighted by Crippen LogP contribution is -2.16. The van der Waals surface area contributed by atoms with Crippen molar-refractivity contribution in [2.45, 2.75) is 52.4 Å². The molecule has 0 aliphatic carbocycles. The van der Waals surface area contributed by atoms with Crippen molar-refractivity contribution >= 4 is 0 Å². The lowest BCUT2D eigenvalue weighted by molar-refractivity contribution is 0.569. The molecule has 7 rings (SSSR count). The number of aromatic nitrogens is 4. The molecule has 2 aromatic heterocycles. The van der Waals surface area contributed by atoms with Crippen LogP contribution in [0.4, 0.5) is 0 Å². The summed E-state index contributed by atoms with van der Waals surface area (Å²) in [6, 6.07) is 45.1. The van der Waals surface area contributed by atoms with E-state index in [1.54, 1.807) is 18.6 Å². The Morgan fingerprint density at radius 1 is 0.400 bits per heavy atom. The fourth-order valence-electron chi connectivity index (χ4n) is 6.22. The topological polar surface area (TPSA) is 51.6 Å². The van der Waals surface area contributed by atoms with Crippen LogP contribution in [0.3, 0.4) is 0 Å². The zero-order valence-corrected chi connectivity index (χ0v) is 29.6. The van der Waals surface area contributed by atoms with Gasteiger partial charge in [0.15, 0.2) is 5.82 Å². The van der Waals surface area contributed by atoms with Crippen LogP contribution in [0.5, 0.6) is 0 Å². The number of hydrogen-bond acceptors (Lipinski definition) is 4. The normalized spacial score (nSPS) is 11.8. The van der Waals surface area contributed by atoms with Gasteiger partial charge in [0.1, 0.15) is 0 Å². The third kappa shape index (κ3) is 7.02. The van der Waals surface area contributed by atoms with Crippen LogP contribution in [0, 0.1) is 0 Å². The van der Waals surface area contributed by atoms with E-state index in [-0.39, 0.29) is 10.8 Å². The van der Waals surface area contributed by atoms with E-state index in [0.29, 0.717) is 5.82 Å². The highest BCUT2D eigenvalue weighted by Crippen LogP contribution is 2.37. The van der Waals surface area contributed by atoms with Gasteiger partial charge in [-0.2, -0.15) is 0 Å². The molecule has 0 aliphatic rings. The monoisotopic (exact) mass is 650 g/mol. The van der Waals surface area contributed by atoms with Crippen molar-refractivity contribution in [3.8, 4) is 67.4 Å². The molecule has 0 amide bonds. The van der Waals surface area contributed by atoms with Crippen molar-refractivity contribution < 1.29 is 0 Å². The fourth-order valence-corrected chi connectivity index (χ4v) is 6.22. The van der Waals surface area contributed by atoms with Crippen LogP contribution in [-0.4, -0.2) is 19.9 Å². The largest absolute Gasteiger partial charge is 0.261 e. The Balaban J connectivity index is 1.41. The smallest absolute Gasteiger partial charge is 0.160 e. The first-order chi connectivity index (χ1) is 24.0. The maximum Gasteiger partial charge on any atom is 0.160 e. The zero-order valence-electron chi connectivity index (χ0n) is 29.6. The Morgan fingerprint density at radius 2 is 0.960 bits per heavy atom. The number of rotatable bonds is 6. The maximum atomic E-state index is 5.24. The van der Waals surface area contributed by atoms with Gasteiger partial charge in [0.2, 0.25) is 0 Å². The summed E-state index contributed by atoms with van der Waals surface area (Å²) >= 11 is 0. The summed E-state index contributed by atoms with van der Waals surface area (Å²) in [5.74, 6) is 0.654. The third-order valence-electron chi connectivity index (χ3n) is 9.15. The average molecular weight is 651 g/mol. The number of hydrogen-bond donors (Lipinski definition) is 0. The van der Waals surface area contributed by atoms with Gasteiger partial charge in [-0.3, -0.25) is 9.97 Å². The molecule has 0 saturated heterocycles.